The van der Waals surface area contributed by atoms with E-state index in [9.17, 15) is 0 Å². The first-order valence-electron chi connectivity index (χ1n) is 6.11. The van der Waals surface area contributed by atoms with Crippen LogP contribution in [0.2, 0.25) is 0 Å². The minimum Gasteiger partial charge on any atom is -0.346 e. The van der Waals surface area contributed by atoms with E-state index in [1.54, 1.807) is 0 Å². The molecule has 0 bridgehead atoms. The van der Waals surface area contributed by atoms with E-state index in [2.05, 4.69) is 24.2 Å². The van der Waals surface area contributed by atoms with Gasteiger partial charge in [-0.2, -0.15) is 5.10 Å². The minimum absolute atomic E-state index is 0.261. The summed E-state index contributed by atoms with van der Waals surface area (Å²) in [6, 6.07) is 8.20. The molecular formula is C14H16N2O2. The number of benzene rings is 1. The van der Waals surface area contributed by atoms with Gasteiger partial charge < -0.3 is 9.47 Å². The molecule has 0 unspecified atom stereocenters. The number of ether oxygens (including phenoxy) is 2. The second-order valence-corrected chi connectivity index (χ2v) is 4.46. The minimum atomic E-state index is -0.261. The number of nitrogens with zero attached hydrogens (tertiary/aromatic N) is 2. The summed E-state index contributed by atoms with van der Waals surface area (Å²) >= 11 is 0. The summed E-state index contributed by atoms with van der Waals surface area (Å²) in [6.07, 6.45) is 1.57. The van der Waals surface area contributed by atoms with Gasteiger partial charge in [-0.05, 0) is 25.5 Å². The number of hydrogen-bond donors (Lipinski definition) is 0. The normalized spacial score (nSPS) is 16.3. The molecule has 2 heterocycles. The van der Waals surface area contributed by atoms with Crippen LogP contribution in [0.25, 0.3) is 5.69 Å². The maximum atomic E-state index is 5.52. The standard InChI is InChI=1S/C14H16N2O2/c1-10-5-3-4-6-13(10)16-11(2)12(9-15-16)14-17-7-8-18-14/h3-6,9,14H,7-8H2,1-2H3. The SMILES string of the molecule is Cc1ccccc1-n1ncc(C2OCCO2)c1C. The Labute approximate surface area is 106 Å². The van der Waals surface area contributed by atoms with E-state index in [0.717, 1.165) is 16.9 Å². The molecule has 0 radical (unpaired) electrons. The fourth-order valence-electron chi connectivity index (χ4n) is 2.24. The molecular weight excluding hydrogens is 228 g/mol. The Morgan fingerprint density at radius 2 is 1.89 bits per heavy atom. The lowest BCUT2D eigenvalue weighted by atomic mass is 10.2. The van der Waals surface area contributed by atoms with Gasteiger partial charge in [0.05, 0.1) is 25.1 Å². The lowest BCUT2D eigenvalue weighted by Gasteiger charge is -2.11. The fourth-order valence-corrected chi connectivity index (χ4v) is 2.24. The topological polar surface area (TPSA) is 36.3 Å². The van der Waals surface area contributed by atoms with Crippen molar-refractivity contribution >= 4 is 0 Å². The predicted octanol–water partition coefficient (Wildman–Crippen LogP) is 2.53. The summed E-state index contributed by atoms with van der Waals surface area (Å²) in [6.45, 7) is 5.43. The number of para-hydroxylation sites is 1. The highest BCUT2D eigenvalue weighted by atomic mass is 16.7. The Balaban J connectivity index is 2.02. The van der Waals surface area contributed by atoms with Gasteiger partial charge in [-0.25, -0.2) is 4.68 Å². The van der Waals surface area contributed by atoms with Gasteiger partial charge in [-0.1, -0.05) is 18.2 Å². The second-order valence-electron chi connectivity index (χ2n) is 4.46. The first-order valence-corrected chi connectivity index (χ1v) is 6.11. The zero-order valence-corrected chi connectivity index (χ0v) is 10.6. The summed E-state index contributed by atoms with van der Waals surface area (Å²) in [5, 5.41) is 4.45. The van der Waals surface area contributed by atoms with Crippen LogP contribution in [0.4, 0.5) is 0 Å². The molecule has 1 aliphatic rings. The smallest absolute Gasteiger partial charge is 0.187 e. The largest absolute Gasteiger partial charge is 0.346 e. The van der Waals surface area contributed by atoms with Crippen LogP contribution in [0.15, 0.2) is 30.5 Å². The van der Waals surface area contributed by atoms with Crippen LogP contribution < -0.4 is 0 Å². The van der Waals surface area contributed by atoms with Crippen molar-refractivity contribution in [2.24, 2.45) is 0 Å². The second kappa shape index (κ2) is 4.55. The monoisotopic (exact) mass is 244 g/mol. The lowest BCUT2D eigenvalue weighted by molar-refractivity contribution is -0.0445. The van der Waals surface area contributed by atoms with Gasteiger partial charge in [-0.3, -0.25) is 0 Å². The van der Waals surface area contributed by atoms with Crippen molar-refractivity contribution in [3.63, 3.8) is 0 Å². The Kier molecular flexibility index (Phi) is 2.89. The maximum Gasteiger partial charge on any atom is 0.187 e. The average Bonchev–Trinajstić information content (AvgIpc) is 2.99. The van der Waals surface area contributed by atoms with Crippen LogP contribution in [0, 0.1) is 13.8 Å². The number of rotatable bonds is 2. The molecule has 4 heteroatoms. The molecule has 1 fully saturated rings. The van der Waals surface area contributed by atoms with Crippen molar-refractivity contribution in [1.82, 2.24) is 9.78 Å². The molecule has 4 nitrogen and oxygen atoms in total. The van der Waals surface area contributed by atoms with Crippen molar-refractivity contribution in [3.8, 4) is 5.69 Å². The molecule has 3 rings (SSSR count). The van der Waals surface area contributed by atoms with Crippen molar-refractivity contribution in [2.75, 3.05) is 13.2 Å². The number of hydrogen-bond acceptors (Lipinski definition) is 3. The summed E-state index contributed by atoms with van der Waals surface area (Å²) in [5.41, 5.74) is 4.37. The van der Waals surface area contributed by atoms with E-state index in [0.29, 0.717) is 13.2 Å². The molecule has 1 aliphatic heterocycles. The highest BCUT2D eigenvalue weighted by Crippen LogP contribution is 2.27. The third-order valence-electron chi connectivity index (χ3n) is 3.27. The van der Waals surface area contributed by atoms with Crippen molar-refractivity contribution < 1.29 is 9.47 Å². The molecule has 0 saturated carbocycles. The molecule has 1 aromatic heterocycles. The highest BCUT2D eigenvalue weighted by molar-refractivity contribution is 5.41. The quantitative estimate of drug-likeness (QED) is 0.814. The first-order chi connectivity index (χ1) is 8.77. The predicted molar refractivity (Wildman–Crippen MR) is 67.7 cm³/mol. The molecule has 2 aromatic rings. The highest BCUT2D eigenvalue weighted by Gasteiger charge is 2.23. The summed E-state index contributed by atoms with van der Waals surface area (Å²) in [5.74, 6) is 0. The van der Waals surface area contributed by atoms with Crippen LogP contribution in [0.1, 0.15) is 23.1 Å². The van der Waals surface area contributed by atoms with E-state index in [1.807, 2.05) is 29.9 Å². The van der Waals surface area contributed by atoms with Gasteiger partial charge >= 0.3 is 0 Å². The maximum absolute atomic E-state index is 5.52. The third kappa shape index (κ3) is 1.83. The molecule has 0 atom stereocenters. The Bertz CT molecular complexity index is 557. The molecule has 0 spiro atoms. The van der Waals surface area contributed by atoms with Gasteiger partial charge in [0.2, 0.25) is 0 Å². The van der Waals surface area contributed by atoms with Crippen LogP contribution in [0.3, 0.4) is 0 Å². The Morgan fingerprint density at radius 3 is 2.61 bits per heavy atom. The van der Waals surface area contributed by atoms with Crippen LogP contribution >= 0.6 is 0 Å². The van der Waals surface area contributed by atoms with E-state index < -0.39 is 0 Å². The van der Waals surface area contributed by atoms with Crippen molar-refractivity contribution in [1.29, 1.82) is 0 Å². The number of aryl methyl sites for hydroxylation is 1. The zero-order valence-electron chi connectivity index (χ0n) is 10.6. The summed E-state index contributed by atoms with van der Waals surface area (Å²) < 4.78 is 13.0. The summed E-state index contributed by atoms with van der Waals surface area (Å²) in [7, 11) is 0. The van der Waals surface area contributed by atoms with Crippen LogP contribution in [-0.2, 0) is 9.47 Å². The number of aromatic nitrogens is 2. The van der Waals surface area contributed by atoms with E-state index >= 15 is 0 Å². The van der Waals surface area contributed by atoms with E-state index in [1.165, 1.54) is 5.56 Å². The van der Waals surface area contributed by atoms with Gasteiger partial charge in [0.15, 0.2) is 6.29 Å². The van der Waals surface area contributed by atoms with Crippen LogP contribution in [0.5, 0.6) is 0 Å². The van der Waals surface area contributed by atoms with Gasteiger partial charge in [0.25, 0.3) is 0 Å². The average molecular weight is 244 g/mol. The van der Waals surface area contributed by atoms with Gasteiger partial charge in [-0.15, -0.1) is 0 Å². The zero-order chi connectivity index (χ0) is 12.5. The summed E-state index contributed by atoms with van der Waals surface area (Å²) in [4.78, 5) is 0. The van der Waals surface area contributed by atoms with Crippen LogP contribution in [-0.4, -0.2) is 23.0 Å². The Hall–Kier alpha value is -1.65. The molecule has 0 amide bonds. The van der Waals surface area contributed by atoms with Crippen molar-refractivity contribution in [2.45, 2.75) is 20.1 Å². The lowest BCUT2D eigenvalue weighted by Crippen LogP contribution is -2.04. The van der Waals surface area contributed by atoms with E-state index in [-0.39, 0.29) is 6.29 Å². The van der Waals surface area contributed by atoms with Crippen molar-refractivity contribution in [3.05, 3.63) is 47.3 Å². The Morgan fingerprint density at radius 1 is 1.17 bits per heavy atom. The van der Waals surface area contributed by atoms with Gasteiger partial charge in [0, 0.05) is 11.3 Å². The fraction of sp³-hybridized carbons (Fsp3) is 0.357. The molecule has 1 saturated heterocycles. The third-order valence-corrected chi connectivity index (χ3v) is 3.27. The molecule has 0 N–H and O–H groups in total. The molecule has 94 valence electrons. The van der Waals surface area contributed by atoms with Gasteiger partial charge in [0.1, 0.15) is 0 Å². The first kappa shape index (κ1) is 11.4. The molecule has 1 aromatic carbocycles. The molecule has 0 aliphatic carbocycles. The van der Waals surface area contributed by atoms with E-state index in [4.69, 9.17) is 9.47 Å². The molecule has 18 heavy (non-hydrogen) atoms.